The van der Waals surface area contributed by atoms with E-state index in [4.69, 9.17) is 15.7 Å². The van der Waals surface area contributed by atoms with Crippen molar-refractivity contribution in [2.24, 2.45) is 10.7 Å². The maximum absolute atomic E-state index is 6.84. The molecule has 51 heavy (non-hydrogen) atoms. The number of nitrogens with two attached hydrogens (primary N) is 1. The van der Waals surface area contributed by atoms with Crippen LogP contribution in [-0.4, -0.2) is 11.2 Å². The first-order valence-electron chi connectivity index (χ1n) is 18.8. The summed E-state index contributed by atoms with van der Waals surface area (Å²) >= 11 is 0. The standard InChI is InChI=1S/C48H49N3/c1-35(37-15-9-4-10-16-37)50-34-44(47(49)42-19-7-2-3-8-20-42)33-36-23-25-38(26-24-36)39-27-29-40(30-28-39)45-31-32-46(41-17-11-5-12-18-41)51-48(45)43-21-13-6-14-22-43/h2-3,6-7,9,11,13,15-20,23-27,29-32,34,39,43H,1,4-5,8,10,12,14,21-22,28,33,49H2/b47-44-,50-34-. The lowest BCUT2D eigenvalue weighted by Crippen LogP contribution is -2.10. The van der Waals surface area contributed by atoms with Crippen LogP contribution in [0.25, 0.3) is 11.1 Å². The lowest BCUT2D eigenvalue weighted by atomic mass is 9.83. The Morgan fingerprint density at radius 1 is 0.765 bits per heavy atom. The first-order valence-corrected chi connectivity index (χ1v) is 18.8. The number of pyridine rings is 1. The van der Waals surface area contributed by atoms with Crippen molar-refractivity contribution in [2.75, 3.05) is 0 Å². The second-order valence-electron chi connectivity index (χ2n) is 14.0. The molecule has 5 aliphatic rings. The number of hydrogen-bond acceptors (Lipinski definition) is 3. The molecule has 0 fully saturated rings. The van der Waals surface area contributed by atoms with E-state index in [1.165, 1.54) is 33.5 Å². The first-order chi connectivity index (χ1) is 25.1. The van der Waals surface area contributed by atoms with E-state index in [1.54, 1.807) is 0 Å². The number of aromatic nitrogens is 1. The largest absolute Gasteiger partial charge is 0.398 e. The summed E-state index contributed by atoms with van der Waals surface area (Å²) in [4.78, 5) is 10.1. The van der Waals surface area contributed by atoms with Gasteiger partial charge in [-0.25, -0.2) is 0 Å². The summed E-state index contributed by atoms with van der Waals surface area (Å²) in [5.74, 6) is 0.797. The molecule has 1 aromatic heterocycles. The predicted octanol–water partition coefficient (Wildman–Crippen LogP) is 11.8. The summed E-state index contributed by atoms with van der Waals surface area (Å²) in [7, 11) is 0. The molecule has 3 heteroatoms. The Morgan fingerprint density at radius 3 is 2.37 bits per heavy atom. The highest BCUT2D eigenvalue weighted by atomic mass is 14.7. The highest BCUT2D eigenvalue weighted by Gasteiger charge is 2.22. The Hall–Kier alpha value is -5.28. The van der Waals surface area contributed by atoms with Gasteiger partial charge in [-0.05, 0) is 103 Å². The van der Waals surface area contributed by atoms with Crippen LogP contribution in [0.3, 0.4) is 0 Å². The summed E-state index contributed by atoms with van der Waals surface area (Å²) < 4.78 is 0. The van der Waals surface area contributed by atoms with E-state index >= 15 is 0 Å². The van der Waals surface area contributed by atoms with Crippen molar-refractivity contribution in [3.8, 4) is 0 Å². The molecule has 3 nitrogen and oxygen atoms in total. The molecule has 256 valence electrons. The number of aliphatic imine (C=N–C) groups is 1. The highest BCUT2D eigenvalue weighted by molar-refractivity contribution is 5.83. The monoisotopic (exact) mass is 667 g/mol. The lowest BCUT2D eigenvalue weighted by molar-refractivity contribution is 0.599. The zero-order chi connectivity index (χ0) is 34.8. The summed E-state index contributed by atoms with van der Waals surface area (Å²) in [5.41, 5.74) is 20.2. The van der Waals surface area contributed by atoms with Gasteiger partial charge in [0.15, 0.2) is 0 Å². The summed E-state index contributed by atoms with van der Waals surface area (Å²) in [5, 5.41) is 0. The normalized spacial score (nSPS) is 21.9. The fourth-order valence-corrected chi connectivity index (χ4v) is 7.44. The summed E-state index contributed by atoms with van der Waals surface area (Å²) in [6.07, 6.45) is 47.7. The van der Waals surface area contributed by atoms with Crippen LogP contribution in [0.5, 0.6) is 0 Å². The van der Waals surface area contributed by atoms with Crippen molar-refractivity contribution in [1.29, 1.82) is 0 Å². The van der Waals surface area contributed by atoms with Gasteiger partial charge in [0.05, 0.1) is 17.1 Å². The molecule has 0 spiro atoms. The fourth-order valence-electron chi connectivity index (χ4n) is 7.44. The van der Waals surface area contributed by atoms with Crippen LogP contribution >= 0.6 is 0 Å². The first kappa shape index (κ1) is 34.2. The minimum atomic E-state index is 0.337. The average Bonchev–Trinajstić information content (AvgIpc) is 3.50. The second-order valence-corrected chi connectivity index (χ2v) is 14.0. The van der Waals surface area contributed by atoms with Gasteiger partial charge in [-0.1, -0.05) is 134 Å². The van der Waals surface area contributed by atoms with E-state index in [0.717, 1.165) is 91.6 Å². The molecular formula is C48H49N3. The van der Waals surface area contributed by atoms with Crippen LogP contribution in [0.2, 0.25) is 0 Å². The van der Waals surface area contributed by atoms with Crippen LogP contribution in [0.4, 0.5) is 0 Å². The van der Waals surface area contributed by atoms with E-state index in [2.05, 4.69) is 140 Å². The summed E-state index contributed by atoms with van der Waals surface area (Å²) in [6, 6.07) is 13.6. The van der Waals surface area contributed by atoms with Crippen molar-refractivity contribution in [3.63, 3.8) is 0 Å². The molecule has 0 aliphatic heterocycles. The van der Waals surface area contributed by atoms with Crippen LogP contribution in [0.1, 0.15) is 97.7 Å². The van der Waals surface area contributed by atoms with Gasteiger partial charge in [-0.2, -0.15) is 0 Å². The quantitative estimate of drug-likeness (QED) is 0.202. The molecule has 0 amide bonds. The van der Waals surface area contributed by atoms with Crippen LogP contribution in [0, 0.1) is 0 Å². The highest BCUT2D eigenvalue weighted by Crippen LogP contribution is 2.38. The molecule has 5 aliphatic carbocycles. The minimum Gasteiger partial charge on any atom is -0.398 e. The zero-order valence-electron chi connectivity index (χ0n) is 29.7. The van der Waals surface area contributed by atoms with Crippen LogP contribution in [0.15, 0.2) is 173 Å². The van der Waals surface area contributed by atoms with Crippen molar-refractivity contribution in [1.82, 2.24) is 4.98 Å². The van der Waals surface area contributed by atoms with Crippen molar-refractivity contribution >= 4 is 17.4 Å². The van der Waals surface area contributed by atoms with E-state index in [1.807, 2.05) is 6.21 Å². The molecule has 0 bridgehead atoms. The Labute approximate surface area is 304 Å². The fraction of sp³-hybridized carbons (Fsp3) is 0.250. The van der Waals surface area contributed by atoms with Crippen molar-refractivity contribution in [3.05, 3.63) is 196 Å². The predicted molar refractivity (Wildman–Crippen MR) is 217 cm³/mol. The summed E-state index contributed by atoms with van der Waals surface area (Å²) in [6.45, 7) is 4.24. The molecule has 7 rings (SSSR count). The van der Waals surface area contributed by atoms with Gasteiger partial charge in [-0.15, -0.1) is 0 Å². The molecule has 0 radical (unpaired) electrons. The molecule has 2 unspecified atom stereocenters. The third-order valence-corrected chi connectivity index (χ3v) is 10.4. The van der Waals surface area contributed by atoms with Crippen molar-refractivity contribution in [2.45, 2.75) is 76.0 Å². The van der Waals surface area contributed by atoms with Gasteiger partial charge in [0.1, 0.15) is 0 Å². The molecule has 2 aromatic rings. The van der Waals surface area contributed by atoms with Crippen LogP contribution in [-0.2, 0) is 6.42 Å². The van der Waals surface area contributed by atoms with Gasteiger partial charge in [0.25, 0.3) is 0 Å². The molecule has 0 saturated heterocycles. The van der Waals surface area contributed by atoms with E-state index in [0.29, 0.717) is 18.3 Å². The second kappa shape index (κ2) is 16.6. The van der Waals surface area contributed by atoms with Crippen LogP contribution < -0.4 is 5.73 Å². The maximum Gasteiger partial charge on any atom is 0.0702 e. The number of allylic oxidation sites excluding steroid dienone is 19. The molecule has 1 aromatic carbocycles. The number of hydrogen-bond donors (Lipinski definition) is 1. The minimum absolute atomic E-state index is 0.337. The Kier molecular flexibility index (Phi) is 11.1. The number of benzene rings is 1. The third-order valence-electron chi connectivity index (χ3n) is 10.4. The smallest absolute Gasteiger partial charge is 0.0702 e. The zero-order valence-corrected chi connectivity index (χ0v) is 29.7. The molecule has 2 N–H and O–H groups in total. The van der Waals surface area contributed by atoms with E-state index in [-0.39, 0.29) is 0 Å². The molecule has 2 atom stereocenters. The van der Waals surface area contributed by atoms with Gasteiger partial charge in [-0.3, -0.25) is 9.98 Å². The topological polar surface area (TPSA) is 51.3 Å². The van der Waals surface area contributed by atoms with Gasteiger partial charge < -0.3 is 5.73 Å². The van der Waals surface area contributed by atoms with E-state index in [9.17, 15) is 0 Å². The SMILES string of the molecule is C=C(/N=C\C(Cc1ccc(C2C=CC(c3ccc(C4=CCCC=C4)nc3C3CC=CCC3)=CC2)cc1)=C(/N)C1=CCC=CC=C1)C1=CCCC=C1. The number of rotatable bonds is 10. The van der Waals surface area contributed by atoms with Gasteiger partial charge in [0.2, 0.25) is 0 Å². The average molecular weight is 668 g/mol. The van der Waals surface area contributed by atoms with E-state index < -0.39 is 0 Å². The Balaban J connectivity index is 1.08. The molecule has 1 heterocycles. The lowest BCUT2D eigenvalue weighted by Gasteiger charge is -2.24. The maximum atomic E-state index is 6.84. The van der Waals surface area contributed by atoms with Gasteiger partial charge >= 0.3 is 0 Å². The molecular weight excluding hydrogens is 619 g/mol. The molecule has 0 saturated carbocycles. The Bertz CT molecular complexity index is 2010. The van der Waals surface area contributed by atoms with Gasteiger partial charge in [0, 0.05) is 35.7 Å². The number of nitrogens with zero attached hydrogens (tertiary/aromatic N) is 2. The third kappa shape index (κ3) is 8.55. The Morgan fingerprint density at radius 2 is 1.63 bits per heavy atom. The van der Waals surface area contributed by atoms with Crippen molar-refractivity contribution < 1.29 is 0 Å².